The zero-order valence-electron chi connectivity index (χ0n) is 10.4. The summed E-state index contributed by atoms with van der Waals surface area (Å²) < 4.78 is 5.04. The number of aliphatic hydroxyl groups is 1. The maximum absolute atomic E-state index is 11.8. The maximum atomic E-state index is 11.8. The summed E-state index contributed by atoms with van der Waals surface area (Å²) in [5.41, 5.74) is 0.751. The van der Waals surface area contributed by atoms with E-state index in [-0.39, 0.29) is 12.0 Å². The molecule has 0 bridgehead atoms. The van der Waals surface area contributed by atoms with Crippen molar-refractivity contribution in [1.29, 1.82) is 0 Å². The Balaban J connectivity index is 1.83. The van der Waals surface area contributed by atoms with Crippen LogP contribution < -0.4 is 10.1 Å². The van der Waals surface area contributed by atoms with Crippen LogP contribution >= 0.6 is 0 Å². The van der Waals surface area contributed by atoms with E-state index in [1.165, 1.54) is 0 Å². The summed E-state index contributed by atoms with van der Waals surface area (Å²) >= 11 is 0. The van der Waals surface area contributed by atoms with Crippen molar-refractivity contribution in [3.8, 4) is 5.75 Å². The van der Waals surface area contributed by atoms with E-state index in [0.717, 1.165) is 24.4 Å². The third kappa shape index (κ3) is 3.45. The lowest BCUT2D eigenvalue weighted by Crippen LogP contribution is -2.32. The van der Waals surface area contributed by atoms with Gasteiger partial charge in [-0.05, 0) is 30.7 Å². The number of amides is 1. The summed E-state index contributed by atoms with van der Waals surface area (Å²) in [6.45, 7) is 1.68. The second-order valence-corrected chi connectivity index (χ2v) is 4.45. The second kappa shape index (κ2) is 5.84. The van der Waals surface area contributed by atoms with Gasteiger partial charge in [-0.25, -0.2) is 0 Å². The number of carbonyl (C=O) groups is 1. The smallest absolute Gasteiger partial charge is 0.238 e. The molecule has 1 fully saturated rings. The van der Waals surface area contributed by atoms with Gasteiger partial charge in [0.1, 0.15) is 5.75 Å². The van der Waals surface area contributed by atoms with E-state index in [0.29, 0.717) is 13.1 Å². The number of benzene rings is 1. The van der Waals surface area contributed by atoms with E-state index < -0.39 is 0 Å². The lowest BCUT2D eigenvalue weighted by Gasteiger charge is -2.14. The highest BCUT2D eigenvalue weighted by molar-refractivity contribution is 5.92. The lowest BCUT2D eigenvalue weighted by molar-refractivity contribution is -0.117. The Morgan fingerprint density at radius 2 is 2.22 bits per heavy atom. The fourth-order valence-electron chi connectivity index (χ4n) is 2.03. The van der Waals surface area contributed by atoms with Gasteiger partial charge in [0.2, 0.25) is 5.91 Å². The van der Waals surface area contributed by atoms with E-state index in [2.05, 4.69) is 5.32 Å². The predicted octanol–water partition coefficient (Wildman–Crippen LogP) is 0.700. The Labute approximate surface area is 106 Å². The average Bonchev–Trinajstić information content (AvgIpc) is 2.75. The first-order valence-electron chi connectivity index (χ1n) is 6.01. The molecule has 98 valence electrons. The molecule has 1 aromatic carbocycles. The summed E-state index contributed by atoms with van der Waals surface area (Å²) in [4.78, 5) is 13.7. The molecule has 1 atom stereocenters. The van der Waals surface area contributed by atoms with Crippen LogP contribution in [0.2, 0.25) is 0 Å². The molecule has 1 heterocycles. The van der Waals surface area contributed by atoms with Crippen LogP contribution in [0.25, 0.3) is 0 Å². The van der Waals surface area contributed by atoms with Gasteiger partial charge < -0.3 is 15.2 Å². The van der Waals surface area contributed by atoms with Crippen LogP contribution in [0.4, 0.5) is 5.69 Å². The van der Waals surface area contributed by atoms with Gasteiger partial charge in [0, 0.05) is 18.8 Å². The summed E-state index contributed by atoms with van der Waals surface area (Å²) in [7, 11) is 1.60. The van der Waals surface area contributed by atoms with Gasteiger partial charge in [-0.15, -0.1) is 0 Å². The van der Waals surface area contributed by atoms with E-state index in [9.17, 15) is 9.90 Å². The molecule has 2 N–H and O–H groups in total. The molecule has 5 heteroatoms. The fourth-order valence-corrected chi connectivity index (χ4v) is 2.03. The molecule has 1 aromatic rings. The number of anilines is 1. The molecule has 5 nitrogen and oxygen atoms in total. The molecule has 1 aliphatic rings. The van der Waals surface area contributed by atoms with E-state index in [4.69, 9.17) is 4.74 Å². The van der Waals surface area contributed by atoms with Gasteiger partial charge in [-0.1, -0.05) is 0 Å². The molecular formula is C13H18N2O3. The number of nitrogens with zero attached hydrogens (tertiary/aromatic N) is 1. The quantitative estimate of drug-likeness (QED) is 0.826. The van der Waals surface area contributed by atoms with E-state index >= 15 is 0 Å². The number of aliphatic hydroxyl groups excluding tert-OH is 1. The highest BCUT2D eigenvalue weighted by atomic mass is 16.5. The van der Waals surface area contributed by atoms with Crippen molar-refractivity contribution in [2.45, 2.75) is 12.5 Å². The van der Waals surface area contributed by atoms with Crippen molar-refractivity contribution < 1.29 is 14.6 Å². The molecule has 1 amide bonds. The molecule has 0 spiro atoms. The van der Waals surface area contributed by atoms with Gasteiger partial charge in [0.15, 0.2) is 0 Å². The minimum atomic E-state index is -0.293. The largest absolute Gasteiger partial charge is 0.497 e. The Kier molecular flexibility index (Phi) is 4.17. The zero-order chi connectivity index (χ0) is 13.0. The summed E-state index contributed by atoms with van der Waals surface area (Å²) in [5, 5.41) is 12.2. The molecule has 0 radical (unpaired) electrons. The maximum Gasteiger partial charge on any atom is 0.238 e. The molecule has 2 rings (SSSR count). The van der Waals surface area contributed by atoms with Gasteiger partial charge in [0.05, 0.1) is 19.8 Å². The van der Waals surface area contributed by atoms with Crippen LogP contribution in [0.3, 0.4) is 0 Å². The third-order valence-corrected chi connectivity index (χ3v) is 2.99. The van der Waals surface area contributed by atoms with E-state index in [1.807, 2.05) is 4.90 Å². The van der Waals surface area contributed by atoms with Crippen LogP contribution in [-0.4, -0.2) is 48.8 Å². The van der Waals surface area contributed by atoms with Crippen molar-refractivity contribution in [1.82, 2.24) is 4.90 Å². The van der Waals surface area contributed by atoms with Gasteiger partial charge >= 0.3 is 0 Å². The number of nitrogens with one attached hydrogen (secondary N) is 1. The fraction of sp³-hybridized carbons (Fsp3) is 0.462. The minimum absolute atomic E-state index is 0.0609. The normalized spacial score (nSPS) is 19.8. The molecular weight excluding hydrogens is 232 g/mol. The zero-order valence-corrected chi connectivity index (χ0v) is 10.4. The monoisotopic (exact) mass is 250 g/mol. The van der Waals surface area contributed by atoms with Crippen molar-refractivity contribution in [3.05, 3.63) is 24.3 Å². The Hall–Kier alpha value is -1.59. The minimum Gasteiger partial charge on any atom is -0.497 e. The Morgan fingerprint density at radius 1 is 1.50 bits per heavy atom. The standard InChI is InChI=1S/C13H18N2O3/c1-18-12-4-2-10(3-5-12)14-13(17)9-15-7-6-11(16)8-15/h2-5,11,16H,6-9H2,1H3,(H,14,17). The molecule has 0 aliphatic carbocycles. The van der Waals surface area contributed by atoms with Crippen molar-refractivity contribution in [3.63, 3.8) is 0 Å². The lowest BCUT2D eigenvalue weighted by atomic mass is 10.3. The van der Waals surface area contributed by atoms with Crippen molar-refractivity contribution in [2.24, 2.45) is 0 Å². The molecule has 18 heavy (non-hydrogen) atoms. The van der Waals surface area contributed by atoms with Crippen LogP contribution in [0.15, 0.2) is 24.3 Å². The number of rotatable bonds is 4. The molecule has 0 aromatic heterocycles. The number of likely N-dealkylation sites (tertiary alicyclic amines) is 1. The highest BCUT2D eigenvalue weighted by Gasteiger charge is 2.21. The summed E-state index contributed by atoms with van der Waals surface area (Å²) in [6.07, 6.45) is 0.453. The van der Waals surface area contributed by atoms with Crippen molar-refractivity contribution >= 4 is 11.6 Å². The summed E-state index contributed by atoms with van der Waals surface area (Å²) in [5.74, 6) is 0.699. The number of methoxy groups -OCH3 is 1. The van der Waals surface area contributed by atoms with Gasteiger partial charge in [-0.2, -0.15) is 0 Å². The first-order valence-corrected chi connectivity index (χ1v) is 6.01. The topological polar surface area (TPSA) is 61.8 Å². The number of hydrogen-bond acceptors (Lipinski definition) is 4. The SMILES string of the molecule is COc1ccc(NC(=O)CN2CCC(O)C2)cc1. The Morgan fingerprint density at radius 3 is 2.78 bits per heavy atom. The number of carbonyl (C=O) groups excluding carboxylic acids is 1. The molecule has 1 aliphatic heterocycles. The number of ether oxygens (including phenoxy) is 1. The number of β-amino-alcohol motifs (C(OH)–C–C–N with tert-alkyl or cyclic N) is 1. The van der Waals surface area contributed by atoms with Crippen LogP contribution in [0, 0.1) is 0 Å². The molecule has 1 saturated heterocycles. The van der Waals surface area contributed by atoms with Gasteiger partial charge in [0.25, 0.3) is 0 Å². The van der Waals surface area contributed by atoms with Crippen LogP contribution in [0.5, 0.6) is 5.75 Å². The van der Waals surface area contributed by atoms with Crippen LogP contribution in [-0.2, 0) is 4.79 Å². The van der Waals surface area contributed by atoms with Crippen LogP contribution in [0.1, 0.15) is 6.42 Å². The summed E-state index contributed by atoms with van der Waals surface area (Å²) in [6, 6.07) is 7.20. The molecule has 1 unspecified atom stereocenters. The van der Waals surface area contributed by atoms with E-state index in [1.54, 1.807) is 31.4 Å². The second-order valence-electron chi connectivity index (χ2n) is 4.45. The average molecular weight is 250 g/mol. The number of hydrogen-bond donors (Lipinski definition) is 2. The molecule has 0 saturated carbocycles. The first kappa shape index (κ1) is 12.9. The first-order chi connectivity index (χ1) is 8.67. The highest BCUT2D eigenvalue weighted by Crippen LogP contribution is 2.15. The predicted molar refractivity (Wildman–Crippen MR) is 68.7 cm³/mol. The Bertz CT molecular complexity index is 405. The van der Waals surface area contributed by atoms with Crippen molar-refractivity contribution in [2.75, 3.05) is 32.1 Å². The van der Waals surface area contributed by atoms with Gasteiger partial charge in [-0.3, -0.25) is 9.69 Å². The third-order valence-electron chi connectivity index (χ3n) is 2.99.